The zero-order chi connectivity index (χ0) is 22.1. The molecule has 0 aliphatic carbocycles. The minimum Gasteiger partial charge on any atom is -0.357 e. The van der Waals surface area contributed by atoms with Gasteiger partial charge in [-0.15, -0.1) is 24.0 Å². The number of benzene rings is 1. The summed E-state index contributed by atoms with van der Waals surface area (Å²) >= 11 is 0. The van der Waals surface area contributed by atoms with Crippen molar-refractivity contribution in [3.05, 3.63) is 34.4 Å². The minimum atomic E-state index is -3.89. The lowest BCUT2D eigenvalue weighted by Crippen LogP contribution is -2.44. The molecule has 13 heteroatoms. The molecule has 1 aromatic rings. The summed E-state index contributed by atoms with van der Waals surface area (Å²) in [5, 5.41) is 19.5. The number of nitro groups is 1. The topological polar surface area (TPSA) is 155 Å². The number of carbonyl (C=O) groups excluding carboxylic acids is 1. The highest BCUT2D eigenvalue weighted by molar-refractivity contribution is 14.0. The maximum absolute atomic E-state index is 12.3. The molecule has 1 rings (SSSR count). The average Bonchev–Trinajstić information content (AvgIpc) is 2.61. The Morgan fingerprint density at radius 1 is 1.20 bits per heavy atom. The Morgan fingerprint density at radius 2 is 1.87 bits per heavy atom. The molecule has 1 amide bonds. The van der Waals surface area contributed by atoms with Gasteiger partial charge in [-0.1, -0.05) is 6.07 Å². The number of hydrogen-bond acceptors (Lipinski definition) is 6. The van der Waals surface area contributed by atoms with Gasteiger partial charge in [0.1, 0.15) is 6.54 Å². The van der Waals surface area contributed by atoms with Crippen LogP contribution in [-0.2, 0) is 14.8 Å². The third-order valence-corrected chi connectivity index (χ3v) is 4.75. The first kappa shape index (κ1) is 28.0. The van der Waals surface area contributed by atoms with E-state index in [1.165, 1.54) is 18.2 Å². The van der Waals surface area contributed by atoms with Crippen LogP contribution in [0.5, 0.6) is 0 Å². The molecular formula is C17H29IN6O5S. The zero-order valence-electron chi connectivity index (χ0n) is 17.4. The average molecular weight is 556 g/mol. The number of hydrogen-bond donors (Lipinski definition) is 4. The molecule has 1 aromatic carbocycles. The second kappa shape index (κ2) is 12.6. The summed E-state index contributed by atoms with van der Waals surface area (Å²) < 4.78 is 26.9. The first-order valence-corrected chi connectivity index (χ1v) is 10.5. The van der Waals surface area contributed by atoms with E-state index < -0.39 is 14.9 Å². The van der Waals surface area contributed by atoms with Crippen LogP contribution in [0, 0.1) is 10.1 Å². The van der Waals surface area contributed by atoms with E-state index >= 15 is 0 Å². The molecule has 4 N–H and O–H groups in total. The molecule has 0 aromatic heterocycles. The van der Waals surface area contributed by atoms with Crippen LogP contribution in [0.2, 0.25) is 0 Å². The summed E-state index contributed by atoms with van der Waals surface area (Å²) in [6.07, 6.45) is 0. The summed E-state index contributed by atoms with van der Waals surface area (Å²) in [7, 11) is -3.89. The molecule has 0 aliphatic heterocycles. The quantitative estimate of drug-likeness (QED) is 0.0882. The van der Waals surface area contributed by atoms with E-state index in [0.717, 1.165) is 6.07 Å². The molecule has 0 saturated carbocycles. The van der Waals surface area contributed by atoms with E-state index in [2.05, 4.69) is 25.7 Å². The van der Waals surface area contributed by atoms with Crippen LogP contribution in [0.1, 0.15) is 27.7 Å². The van der Waals surface area contributed by atoms with Gasteiger partial charge in [0.05, 0.1) is 9.82 Å². The van der Waals surface area contributed by atoms with Gasteiger partial charge < -0.3 is 16.0 Å². The predicted molar refractivity (Wildman–Crippen MR) is 126 cm³/mol. The molecule has 170 valence electrons. The van der Waals surface area contributed by atoms with Gasteiger partial charge in [0.25, 0.3) is 5.69 Å². The molecule has 0 bridgehead atoms. The second-order valence-corrected chi connectivity index (χ2v) is 8.84. The standard InChI is InChI=1S/C17H28N6O5S.HI/c1-5-18-16(20-12-15(24)22-17(2,3)4)19-9-10-21-29(27,28)14-8-6-7-13(11-14)23(25)26;/h6-8,11,21H,5,9-10,12H2,1-4H3,(H,22,24)(H2,18,19,20);1H. The second-order valence-electron chi connectivity index (χ2n) is 7.07. The lowest BCUT2D eigenvalue weighted by molar-refractivity contribution is -0.385. The van der Waals surface area contributed by atoms with E-state index in [9.17, 15) is 23.3 Å². The normalized spacial score (nSPS) is 11.9. The first-order valence-electron chi connectivity index (χ1n) is 9.02. The maximum Gasteiger partial charge on any atom is 0.270 e. The number of nitrogens with zero attached hydrogens (tertiary/aromatic N) is 2. The fraction of sp³-hybridized carbons (Fsp3) is 0.529. The van der Waals surface area contributed by atoms with Crippen molar-refractivity contribution >= 4 is 51.6 Å². The third kappa shape index (κ3) is 10.7. The zero-order valence-corrected chi connectivity index (χ0v) is 20.5. The van der Waals surface area contributed by atoms with Gasteiger partial charge in [-0.2, -0.15) is 0 Å². The number of carbonyl (C=O) groups is 1. The Labute approximate surface area is 193 Å². The van der Waals surface area contributed by atoms with Crippen LogP contribution in [0.25, 0.3) is 0 Å². The molecule has 0 heterocycles. The number of sulfonamides is 1. The van der Waals surface area contributed by atoms with Gasteiger partial charge >= 0.3 is 0 Å². The Kier molecular flexibility index (Phi) is 11.8. The predicted octanol–water partition coefficient (Wildman–Crippen LogP) is 0.961. The fourth-order valence-electron chi connectivity index (χ4n) is 2.16. The van der Waals surface area contributed by atoms with Crippen LogP contribution in [0.15, 0.2) is 34.2 Å². The Bertz CT molecular complexity index is 854. The summed E-state index contributed by atoms with van der Waals surface area (Å²) in [6, 6.07) is 4.80. The van der Waals surface area contributed by atoms with Gasteiger partial charge in [0.2, 0.25) is 15.9 Å². The monoisotopic (exact) mass is 556 g/mol. The highest BCUT2D eigenvalue weighted by atomic mass is 127. The van der Waals surface area contributed by atoms with Crippen LogP contribution in [-0.4, -0.2) is 56.9 Å². The lowest BCUT2D eigenvalue weighted by atomic mass is 10.1. The Balaban J connectivity index is 0.00000841. The van der Waals surface area contributed by atoms with Gasteiger partial charge in [-0.3, -0.25) is 14.9 Å². The highest BCUT2D eigenvalue weighted by Gasteiger charge is 2.17. The number of halogens is 1. The first-order chi connectivity index (χ1) is 13.4. The maximum atomic E-state index is 12.3. The summed E-state index contributed by atoms with van der Waals surface area (Å²) in [5.41, 5.74) is -0.663. The van der Waals surface area contributed by atoms with Crippen molar-refractivity contribution < 1.29 is 18.1 Å². The van der Waals surface area contributed by atoms with E-state index in [-0.39, 0.29) is 65.6 Å². The van der Waals surface area contributed by atoms with Crippen molar-refractivity contribution in [1.82, 2.24) is 20.7 Å². The van der Waals surface area contributed by atoms with Crippen LogP contribution in [0.4, 0.5) is 5.69 Å². The summed E-state index contributed by atoms with van der Waals surface area (Å²) in [5.74, 6) is 0.132. The summed E-state index contributed by atoms with van der Waals surface area (Å²) in [6.45, 7) is 8.16. The molecule has 0 unspecified atom stereocenters. The molecule has 0 aliphatic rings. The third-order valence-electron chi connectivity index (χ3n) is 3.29. The van der Waals surface area contributed by atoms with E-state index in [1.54, 1.807) is 0 Å². The molecule has 0 spiro atoms. The molecule has 30 heavy (non-hydrogen) atoms. The minimum absolute atomic E-state index is 0. The van der Waals surface area contributed by atoms with Crippen molar-refractivity contribution in [2.24, 2.45) is 4.99 Å². The van der Waals surface area contributed by atoms with Crippen molar-refractivity contribution in [1.29, 1.82) is 0 Å². The summed E-state index contributed by atoms with van der Waals surface area (Å²) in [4.78, 5) is 25.9. The number of non-ortho nitro benzene ring substituents is 1. The van der Waals surface area contributed by atoms with Gasteiger partial charge in [-0.05, 0) is 33.8 Å². The molecule has 0 radical (unpaired) electrons. The molecule has 0 atom stereocenters. The molecule has 0 fully saturated rings. The van der Waals surface area contributed by atoms with Crippen LogP contribution >= 0.6 is 24.0 Å². The SMILES string of the molecule is CCNC(=NCC(=O)NC(C)(C)C)NCCNS(=O)(=O)c1cccc([N+](=O)[O-])c1.I. The van der Waals surface area contributed by atoms with E-state index in [4.69, 9.17) is 0 Å². The van der Waals surface area contributed by atoms with E-state index in [1.807, 2.05) is 27.7 Å². The van der Waals surface area contributed by atoms with Crippen molar-refractivity contribution in [2.75, 3.05) is 26.2 Å². The highest BCUT2D eigenvalue weighted by Crippen LogP contribution is 2.16. The largest absolute Gasteiger partial charge is 0.357 e. The van der Waals surface area contributed by atoms with Crippen molar-refractivity contribution in [2.45, 2.75) is 38.1 Å². The molecular weight excluding hydrogens is 527 g/mol. The number of guanidine groups is 1. The Hall–Kier alpha value is -2.00. The number of aliphatic imine (C=N–C) groups is 1. The van der Waals surface area contributed by atoms with Crippen LogP contribution < -0.4 is 20.7 Å². The number of nitro benzene ring substituents is 1. The van der Waals surface area contributed by atoms with Crippen molar-refractivity contribution in [3.8, 4) is 0 Å². The van der Waals surface area contributed by atoms with Gasteiger partial charge in [0.15, 0.2) is 5.96 Å². The van der Waals surface area contributed by atoms with Crippen LogP contribution in [0.3, 0.4) is 0 Å². The lowest BCUT2D eigenvalue weighted by Gasteiger charge is -2.20. The van der Waals surface area contributed by atoms with Crippen molar-refractivity contribution in [3.63, 3.8) is 0 Å². The Morgan fingerprint density at radius 3 is 2.43 bits per heavy atom. The molecule has 0 saturated heterocycles. The fourth-order valence-corrected chi connectivity index (χ4v) is 3.24. The number of amides is 1. The number of nitrogens with one attached hydrogen (secondary N) is 4. The van der Waals surface area contributed by atoms with E-state index in [0.29, 0.717) is 12.5 Å². The van der Waals surface area contributed by atoms with Gasteiger partial charge in [-0.25, -0.2) is 18.1 Å². The molecule has 11 nitrogen and oxygen atoms in total. The number of rotatable bonds is 9. The van der Waals surface area contributed by atoms with Gasteiger partial charge in [0, 0.05) is 37.3 Å². The smallest absolute Gasteiger partial charge is 0.270 e.